The molecule has 2 aliphatic rings. The minimum absolute atomic E-state index is 0.0171. The molecular formula is C20H29NO4S. The second-order valence-corrected chi connectivity index (χ2v) is 7.88. The third-order valence-corrected chi connectivity index (χ3v) is 6.11. The van der Waals surface area contributed by atoms with Gasteiger partial charge in [-0.25, -0.2) is 0 Å². The number of carbonyl (C=O) groups is 1. The van der Waals surface area contributed by atoms with Crippen LogP contribution in [0.4, 0.5) is 0 Å². The molecule has 0 aliphatic carbocycles. The van der Waals surface area contributed by atoms with E-state index in [1.807, 2.05) is 24.0 Å². The highest BCUT2D eigenvalue weighted by Gasteiger charge is 2.39. The molecule has 3 rings (SSSR count). The van der Waals surface area contributed by atoms with E-state index in [2.05, 4.69) is 11.4 Å². The molecule has 1 aromatic rings. The Morgan fingerprint density at radius 2 is 2.19 bits per heavy atom. The molecule has 3 atom stereocenters. The van der Waals surface area contributed by atoms with Gasteiger partial charge in [0.1, 0.15) is 0 Å². The molecule has 0 radical (unpaired) electrons. The highest BCUT2D eigenvalue weighted by molar-refractivity contribution is 7.10. The molecule has 0 saturated carbocycles. The van der Waals surface area contributed by atoms with Gasteiger partial charge in [-0.1, -0.05) is 6.07 Å². The zero-order valence-electron chi connectivity index (χ0n) is 15.4. The number of hydrogen-bond acceptors (Lipinski definition) is 5. The van der Waals surface area contributed by atoms with Crippen molar-refractivity contribution in [2.24, 2.45) is 5.92 Å². The molecule has 0 spiro atoms. The summed E-state index contributed by atoms with van der Waals surface area (Å²) in [6.45, 7) is 4.22. The van der Waals surface area contributed by atoms with Crippen LogP contribution in [0, 0.1) is 5.92 Å². The van der Waals surface area contributed by atoms with E-state index in [-0.39, 0.29) is 24.3 Å². The van der Waals surface area contributed by atoms with Gasteiger partial charge in [0.25, 0.3) is 5.91 Å². The number of piperidine rings is 1. The van der Waals surface area contributed by atoms with Crippen molar-refractivity contribution in [3.63, 3.8) is 0 Å². The number of hydrogen-bond donors (Lipinski definition) is 1. The lowest BCUT2D eigenvalue weighted by Crippen LogP contribution is -2.42. The first-order valence-electron chi connectivity index (χ1n) is 9.68. The maximum absolute atomic E-state index is 13.0. The molecule has 5 nitrogen and oxygen atoms in total. The van der Waals surface area contributed by atoms with Crippen molar-refractivity contribution in [2.45, 2.75) is 51.2 Å². The Morgan fingerprint density at radius 1 is 1.38 bits per heavy atom. The Labute approximate surface area is 159 Å². The highest BCUT2D eigenvalue weighted by atomic mass is 32.1. The van der Waals surface area contributed by atoms with E-state index >= 15 is 0 Å². The summed E-state index contributed by atoms with van der Waals surface area (Å²) in [6, 6.07) is 4.14. The summed E-state index contributed by atoms with van der Waals surface area (Å²) >= 11 is 1.69. The van der Waals surface area contributed by atoms with Gasteiger partial charge < -0.3 is 19.5 Å². The summed E-state index contributed by atoms with van der Waals surface area (Å²) in [7, 11) is 0. The number of carbonyl (C=O) groups excluding carboxylic acids is 1. The third kappa shape index (κ3) is 4.48. The second kappa shape index (κ2) is 9.53. The fourth-order valence-electron chi connectivity index (χ4n) is 3.82. The number of nitrogens with zero attached hydrogens (tertiary/aromatic N) is 1. The molecule has 26 heavy (non-hydrogen) atoms. The van der Waals surface area contributed by atoms with Crippen molar-refractivity contribution >= 4 is 17.2 Å². The molecule has 1 fully saturated rings. The van der Waals surface area contributed by atoms with Gasteiger partial charge in [-0.05, 0) is 56.6 Å². The predicted molar refractivity (Wildman–Crippen MR) is 102 cm³/mol. The van der Waals surface area contributed by atoms with Gasteiger partial charge in [0.2, 0.25) is 6.29 Å². The Balaban J connectivity index is 1.87. The molecule has 0 unspecified atom stereocenters. The molecule has 0 bridgehead atoms. The molecule has 1 saturated heterocycles. The average Bonchev–Trinajstić information content (AvgIpc) is 3.21. The third-order valence-electron chi connectivity index (χ3n) is 5.14. The van der Waals surface area contributed by atoms with Crippen molar-refractivity contribution in [1.82, 2.24) is 4.90 Å². The van der Waals surface area contributed by atoms with Crippen molar-refractivity contribution in [2.75, 3.05) is 26.3 Å². The van der Waals surface area contributed by atoms with E-state index in [0.29, 0.717) is 18.8 Å². The largest absolute Gasteiger partial charge is 0.459 e. The fourth-order valence-corrected chi connectivity index (χ4v) is 4.69. The summed E-state index contributed by atoms with van der Waals surface area (Å²) < 4.78 is 11.9. The topological polar surface area (TPSA) is 59.0 Å². The zero-order valence-corrected chi connectivity index (χ0v) is 16.2. The van der Waals surface area contributed by atoms with Gasteiger partial charge in [0, 0.05) is 43.0 Å². The maximum Gasteiger partial charge on any atom is 0.288 e. The zero-order chi connectivity index (χ0) is 18.4. The second-order valence-electron chi connectivity index (χ2n) is 6.90. The van der Waals surface area contributed by atoms with Crippen molar-refractivity contribution in [3.05, 3.63) is 34.2 Å². The number of allylic oxidation sites excluding steroid dienone is 1. The highest BCUT2D eigenvalue weighted by Crippen LogP contribution is 2.41. The van der Waals surface area contributed by atoms with Crippen LogP contribution in [0.3, 0.4) is 0 Å². The van der Waals surface area contributed by atoms with Crippen molar-refractivity contribution in [1.29, 1.82) is 0 Å². The number of aliphatic hydroxyl groups is 1. The van der Waals surface area contributed by atoms with Crippen LogP contribution in [0.2, 0.25) is 0 Å². The van der Waals surface area contributed by atoms with Crippen LogP contribution in [-0.2, 0) is 14.3 Å². The summed E-state index contributed by atoms with van der Waals surface area (Å²) in [4.78, 5) is 16.1. The van der Waals surface area contributed by atoms with Crippen LogP contribution < -0.4 is 0 Å². The molecular weight excluding hydrogens is 350 g/mol. The minimum Gasteiger partial charge on any atom is -0.459 e. The lowest BCUT2D eigenvalue weighted by Gasteiger charge is -2.38. The Bertz CT molecular complexity index is 595. The Kier molecular flexibility index (Phi) is 7.11. The molecule has 0 aromatic carbocycles. The lowest BCUT2D eigenvalue weighted by atomic mass is 9.84. The van der Waals surface area contributed by atoms with Crippen LogP contribution in [0.25, 0.3) is 0 Å². The first kappa shape index (κ1) is 19.4. The SMILES string of the molecule is CCO[C@@H]1OC(C(=O)N2CCCCC2)=C[C@H](c2cccs2)[C@H]1CCCO. The first-order valence-corrected chi connectivity index (χ1v) is 10.6. The van der Waals surface area contributed by atoms with Gasteiger partial charge in [-0.15, -0.1) is 11.3 Å². The molecule has 2 aliphatic heterocycles. The van der Waals surface area contributed by atoms with Gasteiger partial charge >= 0.3 is 0 Å². The standard InChI is InChI=1S/C20H29NO4S/c1-2-24-20-15(8-6-12-22)16(18-9-7-13-26-18)14-17(25-20)19(23)21-10-4-3-5-11-21/h7,9,13-16,20,22H,2-6,8,10-12H2,1H3/t15-,16+,20-/m1/s1. The summed E-state index contributed by atoms with van der Waals surface area (Å²) in [5.41, 5.74) is 0. The quantitative estimate of drug-likeness (QED) is 0.788. The molecule has 3 heterocycles. The summed E-state index contributed by atoms with van der Waals surface area (Å²) in [6.07, 6.45) is 6.33. The van der Waals surface area contributed by atoms with E-state index in [0.717, 1.165) is 32.4 Å². The minimum atomic E-state index is -0.451. The Morgan fingerprint density at radius 3 is 2.85 bits per heavy atom. The normalized spacial score (nSPS) is 26.3. The fraction of sp³-hybridized carbons (Fsp3) is 0.650. The van der Waals surface area contributed by atoms with Crippen LogP contribution in [0.5, 0.6) is 0 Å². The van der Waals surface area contributed by atoms with Crippen molar-refractivity contribution < 1.29 is 19.4 Å². The number of ether oxygens (including phenoxy) is 2. The van der Waals surface area contributed by atoms with E-state index in [4.69, 9.17) is 9.47 Å². The predicted octanol–water partition coefficient (Wildman–Crippen LogP) is 3.51. The average molecular weight is 380 g/mol. The number of likely N-dealkylation sites (tertiary alicyclic amines) is 1. The van der Waals surface area contributed by atoms with E-state index < -0.39 is 6.29 Å². The molecule has 1 aromatic heterocycles. The van der Waals surface area contributed by atoms with E-state index in [9.17, 15) is 9.90 Å². The van der Waals surface area contributed by atoms with E-state index in [1.165, 1.54) is 11.3 Å². The molecule has 1 N–H and O–H groups in total. The maximum atomic E-state index is 13.0. The molecule has 1 amide bonds. The van der Waals surface area contributed by atoms with Crippen LogP contribution in [0.15, 0.2) is 29.3 Å². The number of thiophene rings is 1. The summed E-state index contributed by atoms with van der Waals surface area (Å²) in [5, 5.41) is 11.3. The lowest BCUT2D eigenvalue weighted by molar-refractivity contribution is -0.170. The number of rotatable bonds is 7. The van der Waals surface area contributed by atoms with Gasteiger partial charge in [-0.3, -0.25) is 4.79 Å². The number of amides is 1. The molecule has 144 valence electrons. The van der Waals surface area contributed by atoms with Crippen molar-refractivity contribution in [3.8, 4) is 0 Å². The van der Waals surface area contributed by atoms with Crippen LogP contribution in [-0.4, -0.2) is 48.5 Å². The molecule has 6 heteroatoms. The first-order chi connectivity index (χ1) is 12.7. The van der Waals surface area contributed by atoms with Crippen LogP contribution >= 0.6 is 11.3 Å². The summed E-state index contributed by atoms with van der Waals surface area (Å²) in [5.74, 6) is 0.579. The van der Waals surface area contributed by atoms with Gasteiger partial charge in [0.15, 0.2) is 5.76 Å². The Hall–Kier alpha value is -1.37. The van der Waals surface area contributed by atoms with E-state index in [1.54, 1.807) is 11.3 Å². The smallest absolute Gasteiger partial charge is 0.288 e. The van der Waals surface area contributed by atoms with Gasteiger partial charge in [0.05, 0.1) is 0 Å². The van der Waals surface area contributed by atoms with Gasteiger partial charge in [-0.2, -0.15) is 0 Å². The number of aliphatic hydroxyl groups excluding tert-OH is 1. The monoisotopic (exact) mass is 379 g/mol. The van der Waals surface area contributed by atoms with Crippen LogP contribution in [0.1, 0.15) is 49.8 Å².